The third kappa shape index (κ3) is 2.96. The molecule has 0 bridgehead atoms. The average molecular weight is 365 g/mol. The first kappa shape index (κ1) is 18.4. The van der Waals surface area contributed by atoms with E-state index in [1.807, 2.05) is 0 Å². The summed E-state index contributed by atoms with van der Waals surface area (Å²) in [5.41, 5.74) is 3.09. The number of carbonyl (C=O) groups excluding carboxylic acids is 1. The quantitative estimate of drug-likeness (QED) is 0.510. The number of aromatic nitrogens is 2. The second-order valence-corrected chi connectivity index (χ2v) is 7.08. The molecule has 0 spiro atoms. The van der Waals surface area contributed by atoms with Crippen LogP contribution < -0.4 is 17.0 Å². The van der Waals surface area contributed by atoms with Crippen LogP contribution >= 0.6 is 0 Å². The minimum atomic E-state index is -1.97. The second kappa shape index (κ2) is 7.06. The zero-order valence-corrected chi connectivity index (χ0v) is 14.4. The smallest absolute Gasteiger partial charge is 0.334 e. The maximum Gasteiger partial charge on any atom is 0.334 e. The second-order valence-electron chi connectivity index (χ2n) is 7.08. The molecule has 26 heavy (non-hydrogen) atoms. The maximum absolute atomic E-state index is 12.9. The van der Waals surface area contributed by atoms with Crippen LogP contribution in [0.1, 0.15) is 73.8 Å². The lowest BCUT2D eigenvalue weighted by Crippen LogP contribution is -2.49. The number of carbonyl (C=O) groups is 2. The molecule has 0 aromatic carbocycles. The fourth-order valence-electron chi connectivity index (χ4n) is 3.75. The fourth-order valence-corrected chi connectivity index (χ4v) is 3.75. The lowest BCUT2D eigenvalue weighted by molar-refractivity contribution is -0.137. The van der Waals surface area contributed by atoms with Gasteiger partial charge in [-0.05, 0) is 32.1 Å². The van der Waals surface area contributed by atoms with Gasteiger partial charge in [0.1, 0.15) is 5.56 Å². The van der Waals surface area contributed by atoms with E-state index in [2.05, 4.69) is 0 Å². The Bertz CT molecular complexity index is 845. The van der Waals surface area contributed by atoms with Crippen molar-refractivity contribution >= 4 is 11.8 Å². The van der Waals surface area contributed by atoms with Crippen LogP contribution in [0.15, 0.2) is 9.59 Å². The molecule has 2 saturated carbocycles. The van der Waals surface area contributed by atoms with Crippen LogP contribution in [-0.4, -0.2) is 37.1 Å². The topological polar surface area (TPSA) is 145 Å². The molecular weight excluding hydrogens is 342 g/mol. The summed E-state index contributed by atoms with van der Waals surface area (Å²) in [6.07, 6.45) is 6.15. The monoisotopic (exact) mass is 365 g/mol. The molecular formula is C17H23N3O6. The van der Waals surface area contributed by atoms with Gasteiger partial charge in [0.25, 0.3) is 5.56 Å². The van der Waals surface area contributed by atoms with Gasteiger partial charge in [-0.25, -0.2) is 4.79 Å². The molecule has 1 atom stereocenters. The predicted octanol–water partition coefficient (Wildman–Crippen LogP) is 0.540. The molecule has 0 aliphatic heterocycles. The number of carboxylic acid groups (broad SMARTS) is 1. The summed E-state index contributed by atoms with van der Waals surface area (Å²) in [6.45, 7) is 0. The van der Waals surface area contributed by atoms with E-state index in [-0.39, 0.29) is 12.1 Å². The summed E-state index contributed by atoms with van der Waals surface area (Å²) in [6, 6.07) is -2.63. The number of ketones is 1. The highest BCUT2D eigenvalue weighted by atomic mass is 16.4. The standard InChI is InChI=1S/C17H23N3O6/c18-12(16(24)25)13(21)11-14(22)19(9-5-2-1-3-6-9)17(26)20(15(11)23)10-7-4-8-10/h9-10,12,23H,1-8,18H2,(H,24,25). The summed E-state index contributed by atoms with van der Waals surface area (Å²) >= 11 is 0. The Kier molecular flexibility index (Phi) is 4.99. The SMILES string of the molecule is NC(C(=O)O)C(=O)c1c(O)n(C2CCC2)c(=O)n(C2CCCCC2)c1=O. The summed E-state index contributed by atoms with van der Waals surface area (Å²) < 4.78 is 2.10. The number of Topliss-reactive ketones (excluding diaryl/α,β-unsaturated/α-hetero) is 1. The van der Waals surface area contributed by atoms with Gasteiger partial charge in [-0.1, -0.05) is 19.3 Å². The number of nitrogens with zero attached hydrogens (tertiary/aromatic N) is 2. The Morgan fingerprint density at radius 2 is 1.50 bits per heavy atom. The number of aromatic hydroxyl groups is 1. The Morgan fingerprint density at radius 1 is 0.962 bits per heavy atom. The highest BCUT2D eigenvalue weighted by Gasteiger charge is 2.35. The summed E-state index contributed by atoms with van der Waals surface area (Å²) in [5, 5.41) is 19.5. The van der Waals surface area contributed by atoms with Crippen molar-refractivity contribution < 1.29 is 19.8 Å². The van der Waals surface area contributed by atoms with Crippen molar-refractivity contribution in [3.63, 3.8) is 0 Å². The third-order valence-electron chi connectivity index (χ3n) is 5.47. The first-order chi connectivity index (χ1) is 12.3. The van der Waals surface area contributed by atoms with Crippen LogP contribution in [0.3, 0.4) is 0 Å². The van der Waals surface area contributed by atoms with E-state index < -0.39 is 40.5 Å². The van der Waals surface area contributed by atoms with Crippen LogP contribution in [0.4, 0.5) is 0 Å². The van der Waals surface area contributed by atoms with Crippen molar-refractivity contribution in [2.24, 2.45) is 5.73 Å². The van der Waals surface area contributed by atoms with E-state index in [0.717, 1.165) is 34.8 Å². The molecule has 0 radical (unpaired) electrons. The molecule has 2 aliphatic carbocycles. The van der Waals surface area contributed by atoms with Crippen molar-refractivity contribution in [1.82, 2.24) is 9.13 Å². The predicted molar refractivity (Wildman–Crippen MR) is 91.6 cm³/mol. The summed E-state index contributed by atoms with van der Waals surface area (Å²) in [5.74, 6) is -3.55. The van der Waals surface area contributed by atoms with Gasteiger partial charge in [0, 0.05) is 12.1 Å². The Morgan fingerprint density at radius 3 is 2.00 bits per heavy atom. The summed E-state index contributed by atoms with van der Waals surface area (Å²) in [7, 11) is 0. The van der Waals surface area contributed by atoms with Gasteiger partial charge >= 0.3 is 11.7 Å². The lowest BCUT2D eigenvalue weighted by atomic mass is 9.92. The number of hydrogen-bond donors (Lipinski definition) is 3. The van der Waals surface area contributed by atoms with E-state index in [4.69, 9.17) is 10.8 Å². The fraction of sp³-hybridized carbons (Fsp3) is 0.647. The van der Waals surface area contributed by atoms with E-state index >= 15 is 0 Å². The van der Waals surface area contributed by atoms with Crippen molar-refractivity contribution in [3.8, 4) is 5.88 Å². The van der Waals surface area contributed by atoms with Crippen molar-refractivity contribution in [1.29, 1.82) is 0 Å². The van der Waals surface area contributed by atoms with Gasteiger partial charge in [-0.15, -0.1) is 0 Å². The Hall–Kier alpha value is -2.42. The Labute approximate surface area is 149 Å². The summed E-state index contributed by atoms with van der Waals surface area (Å²) in [4.78, 5) is 49.3. The van der Waals surface area contributed by atoms with Crippen molar-refractivity contribution in [2.45, 2.75) is 69.5 Å². The van der Waals surface area contributed by atoms with Gasteiger partial charge in [0.05, 0.1) is 0 Å². The van der Waals surface area contributed by atoms with E-state index in [9.17, 15) is 24.3 Å². The van der Waals surface area contributed by atoms with Gasteiger partial charge in [-0.3, -0.25) is 23.5 Å². The molecule has 0 saturated heterocycles. The normalized spacial score (nSPS) is 19.7. The molecule has 1 heterocycles. The average Bonchev–Trinajstić information content (AvgIpc) is 2.57. The number of nitrogens with two attached hydrogens (primary N) is 1. The van der Waals surface area contributed by atoms with Crippen molar-refractivity contribution in [2.75, 3.05) is 0 Å². The van der Waals surface area contributed by atoms with Gasteiger partial charge in [0.2, 0.25) is 11.7 Å². The van der Waals surface area contributed by atoms with E-state index in [1.54, 1.807) is 0 Å². The van der Waals surface area contributed by atoms with Crippen LogP contribution in [0, 0.1) is 0 Å². The highest BCUT2D eigenvalue weighted by Crippen LogP contribution is 2.34. The first-order valence-corrected chi connectivity index (χ1v) is 8.97. The van der Waals surface area contributed by atoms with Crippen LogP contribution in [0.2, 0.25) is 0 Å². The van der Waals surface area contributed by atoms with Crippen LogP contribution in [-0.2, 0) is 4.79 Å². The molecule has 1 aromatic heterocycles. The molecule has 9 heteroatoms. The molecule has 2 aliphatic rings. The minimum absolute atomic E-state index is 0.300. The molecule has 0 amide bonds. The van der Waals surface area contributed by atoms with Crippen LogP contribution in [0.25, 0.3) is 0 Å². The largest absolute Gasteiger partial charge is 0.494 e. The molecule has 142 valence electrons. The number of aliphatic carboxylic acids is 1. The van der Waals surface area contributed by atoms with Crippen LogP contribution in [0.5, 0.6) is 5.88 Å². The third-order valence-corrected chi connectivity index (χ3v) is 5.47. The molecule has 2 fully saturated rings. The first-order valence-electron chi connectivity index (χ1n) is 8.97. The Balaban J connectivity index is 2.22. The zero-order chi connectivity index (χ0) is 19.0. The lowest BCUT2D eigenvalue weighted by Gasteiger charge is -2.31. The number of rotatable bonds is 5. The molecule has 3 rings (SSSR count). The number of carboxylic acids is 1. The number of hydrogen-bond acceptors (Lipinski definition) is 6. The van der Waals surface area contributed by atoms with E-state index in [0.29, 0.717) is 25.7 Å². The maximum atomic E-state index is 12.9. The molecule has 1 aromatic rings. The van der Waals surface area contributed by atoms with Gasteiger partial charge in [-0.2, -0.15) is 0 Å². The zero-order valence-electron chi connectivity index (χ0n) is 14.4. The molecule has 9 nitrogen and oxygen atoms in total. The highest BCUT2D eigenvalue weighted by molar-refractivity contribution is 6.12. The molecule has 4 N–H and O–H groups in total. The van der Waals surface area contributed by atoms with Crippen molar-refractivity contribution in [3.05, 3.63) is 26.4 Å². The van der Waals surface area contributed by atoms with Gasteiger partial charge < -0.3 is 15.9 Å². The van der Waals surface area contributed by atoms with E-state index in [1.165, 1.54) is 0 Å². The molecule has 1 unspecified atom stereocenters. The van der Waals surface area contributed by atoms with Gasteiger partial charge in [0.15, 0.2) is 6.04 Å². The minimum Gasteiger partial charge on any atom is -0.494 e.